The van der Waals surface area contributed by atoms with E-state index in [1.54, 1.807) is 18.0 Å². The average molecular weight is 230 g/mol. The largest absolute Gasteiger partial charge is 0.383 e. The number of ether oxygens (including phenoxy) is 1. The van der Waals surface area contributed by atoms with E-state index in [1.807, 2.05) is 6.07 Å². The fraction of sp³-hybridized carbons (Fsp3) is 0.429. The molecule has 0 N–H and O–H groups in total. The summed E-state index contributed by atoms with van der Waals surface area (Å²) in [5.41, 5.74) is 0.547. The third-order valence-corrected chi connectivity index (χ3v) is 1.95. The quantitative estimate of drug-likeness (QED) is 0.782. The highest BCUT2D eigenvalue weighted by atomic mass is 79.9. The van der Waals surface area contributed by atoms with Crippen LogP contribution in [0.25, 0.3) is 0 Å². The van der Waals surface area contributed by atoms with Crippen LogP contribution in [0.1, 0.15) is 5.56 Å². The zero-order valence-electron chi connectivity index (χ0n) is 6.62. The summed E-state index contributed by atoms with van der Waals surface area (Å²) >= 11 is 3.17. The maximum atomic E-state index is 8.59. The van der Waals surface area contributed by atoms with Crippen LogP contribution in [-0.4, -0.2) is 23.5 Å². The highest BCUT2D eigenvalue weighted by Crippen LogP contribution is 2.12. The van der Waals surface area contributed by atoms with Gasteiger partial charge in [0, 0.05) is 13.3 Å². The summed E-state index contributed by atoms with van der Waals surface area (Å²) in [5.74, 6) is 0. The molecule has 1 rings (SSSR count). The zero-order valence-corrected chi connectivity index (χ0v) is 8.21. The number of methoxy groups -OCH3 is 1. The Balaban J connectivity index is 2.70. The summed E-state index contributed by atoms with van der Waals surface area (Å²) in [6, 6.07) is 2.02. The summed E-state index contributed by atoms with van der Waals surface area (Å²) in [5, 5.41) is 12.6. The van der Waals surface area contributed by atoms with Gasteiger partial charge in [-0.15, -0.1) is 0 Å². The van der Waals surface area contributed by atoms with Gasteiger partial charge in [0.2, 0.25) is 0 Å². The molecule has 1 aromatic heterocycles. The average Bonchev–Trinajstić information content (AvgIpc) is 2.43. The Hall–Kier alpha value is -0.860. The van der Waals surface area contributed by atoms with E-state index in [9.17, 15) is 0 Å². The molecule has 1 aromatic rings. The van der Waals surface area contributed by atoms with Gasteiger partial charge in [0.25, 0.3) is 0 Å². The van der Waals surface area contributed by atoms with Crippen molar-refractivity contribution >= 4 is 15.9 Å². The van der Waals surface area contributed by atoms with Crippen LogP contribution in [0, 0.1) is 11.3 Å². The van der Waals surface area contributed by atoms with Gasteiger partial charge in [-0.2, -0.15) is 10.4 Å². The normalized spacial score (nSPS) is 9.75. The van der Waals surface area contributed by atoms with Crippen LogP contribution in [0.2, 0.25) is 0 Å². The Morgan fingerprint density at radius 2 is 2.58 bits per heavy atom. The molecule has 0 saturated carbocycles. The summed E-state index contributed by atoms with van der Waals surface area (Å²) in [6.45, 7) is 1.26. The van der Waals surface area contributed by atoms with E-state index in [-0.39, 0.29) is 0 Å². The third-order valence-electron chi connectivity index (χ3n) is 1.36. The molecule has 0 aliphatic heterocycles. The topological polar surface area (TPSA) is 50.8 Å². The van der Waals surface area contributed by atoms with Gasteiger partial charge in [-0.3, -0.25) is 4.68 Å². The van der Waals surface area contributed by atoms with E-state index >= 15 is 0 Å². The molecule has 0 radical (unpaired) electrons. The van der Waals surface area contributed by atoms with Gasteiger partial charge < -0.3 is 4.74 Å². The minimum atomic E-state index is 0.547. The van der Waals surface area contributed by atoms with E-state index in [0.29, 0.717) is 23.3 Å². The first-order valence-corrected chi connectivity index (χ1v) is 4.19. The smallest absolute Gasteiger partial charge is 0.145 e. The number of nitrogens with zero attached hydrogens (tertiary/aromatic N) is 3. The molecule has 1 heterocycles. The van der Waals surface area contributed by atoms with Gasteiger partial charge in [0.15, 0.2) is 0 Å². The maximum Gasteiger partial charge on any atom is 0.145 e. The molecule has 0 bridgehead atoms. The minimum absolute atomic E-state index is 0.547. The standard InChI is InChI=1S/C7H8BrN3O/c1-12-3-2-11-5-6(4-9)7(8)10-11/h5H,2-3H2,1H3. The van der Waals surface area contributed by atoms with Crippen molar-refractivity contribution in [2.24, 2.45) is 0 Å². The van der Waals surface area contributed by atoms with Crippen LogP contribution in [0.4, 0.5) is 0 Å². The molecule has 0 aliphatic carbocycles. The highest BCUT2D eigenvalue weighted by molar-refractivity contribution is 9.10. The van der Waals surface area contributed by atoms with Gasteiger partial charge >= 0.3 is 0 Å². The van der Waals surface area contributed by atoms with Crippen molar-refractivity contribution in [3.05, 3.63) is 16.4 Å². The zero-order chi connectivity index (χ0) is 8.97. The van der Waals surface area contributed by atoms with Crippen LogP contribution in [-0.2, 0) is 11.3 Å². The lowest BCUT2D eigenvalue weighted by Gasteiger charge is -1.97. The van der Waals surface area contributed by atoms with Gasteiger partial charge in [-0.1, -0.05) is 0 Å². The van der Waals surface area contributed by atoms with Crippen molar-refractivity contribution in [3.8, 4) is 6.07 Å². The molecule has 0 aliphatic rings. The lowest BCUT2D eigenvalue weighted by atomic mass is 10.4. The van der Waals surface area contributed by atoms with E-state index in [2.05, 4.69) is 21.0 Å². The Bertz CT molecular complexity index is 302. The molecule has 0 aromatic carbocycles. The van der Waals surface area contributed by atoms with Crippen molar-refractivity contribution < 1.29 is 4.74 Å². The summed E-state index contributed by atoms with van der Waals surface area (Å²) in [4.78, 5) is 0. The fourth-order valence-electron chi connectivity index (χ4n) is 0.772. The molecular formula is C7H8BrN3O. The second-order valence-electron chi connectivity index (χ2n) is 2.20. The van der Waals surface area contributed by atoms with Crippen LogP contribution in [0.15, 0.2) is 10.8 Å². The predicted molar refractivity (Wildman–Crippen MR) is 46.5 cm³/mol. The van der Waals surface area contributed by atoms with Crippen LogP contribution >= 0.6 is 15.9 Å². The lowest BCUT2D eigenvalue weighted by molar-refractivity contribution is 0.183. The van der Waals surface area contributed by atoms with Crippen molar-refractivity contribution in [2.75, 3.05) is 13.7 Å². The van der Waals surface area contributed by atoms with E-state index in [0.717, 1.165) is 0 Å². The molecule has 5 heteroatoms. The summed E-state index contributed by atoms with van der Waals surface area (Å²) in [7, 11) is 1.63. The maximum absolute atomic E-state index is 8.59. The van der Waals surface area contributed by atoms with Gasteiger partial charge in [-0.25, -0.2) is 0 Å². The van der Waals surface area contributed by atoms with E-state index < -0.39 is 0 Å². The molecule has 0 fully saturated rings. The van der Waals surface area contributed by atoms with Crippen molar-refractivity contribution in [1.82, 2.24) is 9.78 Å². The number of hydrogen-bond acceptors (Lipinski definition) is 3. The first-order valence-electron chi connectivity index (χ1n) is 3.40. The molecule has 0 atom stereocenters. The Labute approximate surface area is 78.9 Å². The molecule has 64 valence electrons. The Morgan fingerprint density at radius 3 is 3.08 bits per heavy atom. The molecule has 0 unspecified atom stereocenters. The van der Waals surface area contributed by atoms with Crippen LogP contribution in [0.3, 0.4) is 0 Å². The number of aromatic nitrogens is 2. The molecule has 4 nitrogen and oxygen atoms in total. The Kier molecular flexibility index (Phi) is 3.26. The monoisotopic (exact) mass is 229 g/mol. The van der Waals surface area contributed by atoms with E-state index in [1.165, 1.54) is 0 Å². The summed E-state index contributed by atoms with van der Waals surface area (Å²) < 4.78 is 7.13. The van der Waals surface area contributed by atoms with Gasteiger partial charge in [0.1, 0.15) is 16.2 Å². The summed E-state index contributed by atoms with van der Waals surface area (Å²) in [6.07, 6.45) is 1.68. The predicted octanol–water partition coefficient (Wildman–Crippen LogP) is 1.16. The number of hydrogen-bond donors (Lipinski definition) is 0. The first-order chi connectivity index (χ1) is 5.77. The molecular weight excluding hydrogens is 222 g/mol. The van der Waals surface area contributed by atoms with Crippen molar-refractivity contribution in [1.29, 1.82) is 5.26 Å². The van der Waals surface area contributed by atoms with Crippen molar-refractivity contribution in [2.45, 2.75) is 6.54 Å². The SMILES string of the molecule is COCCn1cc(C#N)c(Br)n1. The number of rotatable bonds is 3. The fourth-order valence-corrected chi connectivity index (χ4v) is 1.17. The molecule has 0 saturated heterocycles. The first kappa shape index (κ1) is 9.23. The number of nitriles is 1. The molecule has 0 spiro atoms. The van der Waals surface area contributed by atoms with Crippen LogP contribution < -0.4 is 0 Å². The second kappa shape index (κ2) is 4.24. The molecule has 0 amide bonds. The highest BCUT2D eigenvalue weighted by Gasteiger charge is 2.03. The number of halogens is 1. The van der Waals surface area contributed by atoms with Crippen LogP contribution in [0.5, 0.6) is 0 Å². The Morgan fingerprint density at radius 1 is 1.83 bits per heavy atom. The van der Waals surface area contributed by atoms with E-state index in [4.69, 9.17) is 10.00 Å². The second-order valence-corrected chi connectivity index (χ2v) is 2.95. The minimum Gasteiger partial charge on any atom is -0.383 e. The molecule has 12 heavy (non-hydrogen) atoms. The van der Waals surface area contributed by atoms with Gasteiger partial charge in [-0.05, 0) is 15.9 Å². The van der Waals surface area contributed by atoms with Gasteiger partial charge in [0.05, 0.1) is 13.2 Å². The van der Waals surface area contributed by atoms with Crippen molar-refractivity contribution in [3.63, 3.8) is 0 Å². The third kappa shape index (κ3) is 2.06. The lowest BCUT2D eigenvalue weighted by Crippen LogP contribution is -2.04.